The molecule has 1 saturated heterocycles. The molecule has 34 heavy (non-hydrogen) atoms. The summed E-state index contributed by atoms with van der Waals surface area (Å²) in [5.41, 5.74) is 4.02. The Morgan fingerprint density at radius 2 is 1.79 bits per heavy atom. The number of rotatable bonds is 5. The van der Waals surface area contributed by atoms with Crippen molar-refractivity contribution in [2.45, 2.75) is 12.1 Å². The summed E-state index contributed by atoms with van der Waals surface area (Å²) in [6.45, 7) is 0. The Hall–Kier alpha value is -3.49. The lowest BCUT2D eigenvalue weighted by atomic mass is 10.0. The lowest BCUT2D eigenvalue weighted by Crippen LogP contribution is -2.30. The first-order valence-corrected chi connectivity index (χ1v) is 11.9. The van der Waals surface area contributed by atoms with Crippen molar-refractivity contribution in [2.24, 2.45) is 0 Å². The molecule has 5 rings (SSSR count). The number of nitrogens with one attached hydrogen (secondary N) is 1. The van der Waals surface area contributed by atoms with Crippen LogP contribution in [0.2, 0.25) is 0 Å². The molecule has 0 amide bonds. The van der Waals surface area contributed by atoms with Gasteiger partial charge in [-0.15, -0.1) is 0 Å². The normalized spacial score (nSPS) is 17.5. The van der Waals surface area contributed by atoms with Crippen LogP contribution >= 0.6 is 28.1 Å². The lowest BCUT2D eigenvalue weighted by molar-refractivity contribution is 0.0600. The molecule has 8 heteroatoms. The van der Waals surface area contributed by atoms with Gasteiger partial charge in [-0.2, -0.15) is 0 Å². The van der Waals surface area contributed by atoms with Crippen molar-refractivity contribution in [3.05, 3.63) is 113 Å². The number of methoxy groups -OCH3 is 1. The molecular weight excluding hydrogens is 512 g/mol. The predicted octanol–water partition coefficient (Wildman–Crippen LogP) is 5.60. The minimum absolute atomic E-state index is 0.198. The molecule has 2 aromatic heterocycles. The number of esters is 1. The summed E-state index contributed by atoms with van der Waals surface area (Å²) < 4.78 is 8.05. The number of hydrogen-bond donors (Lipinski definition) is 1. The van der Waals surface area contributed by atoms with Gasteiger partial charge in [-0.3, -0.25) is 4.98 Å². The van der Waals surface area contributed by atoms with Gasteiger partial charge in [-0.25, -0.2) is 4.79 Å². The largest absolute Gasteiger partial charge is 0.465 e. The number of thiocarbonyl (C=S) groups is 1. The number of aromatic nitrogens is 2. The quantitative estimate of drug-likeness (QED) is 0.266. The maximum Gasteiger partial charge on any atom is 0.339 e. The van der Waals surface area contributed by atoms with Crippen LogP contribution in [-0.2, 0) is 4.74 Å². The standard InChI is InChI=1S/C26H21BrN4O2S/c1-33-25(32)19-7-2-3-9-21(19)30-16-6-10-22(30)24-23(20-8-4-5-15-28-20)29-26(34)31(24)18-13-11-17(27)12-14-18/h2-16,23-24H,1H3,(H,29,34)/t23-,24-/m1/s1. The molecule has 2 atom stereocenters. The number of anilines is 1. The van der Waals surface area contributed by atoms with Crippen LogP contribution in [0.5, 0.6) is 0 Å². The van der Waals surface area contributed by atoms with E-state index < -0.39 is 0 Å². The van der Waals surface area contributed by atoms with E-state index in [-0.39, 0.29) is 18.1 Å². The number of pyridine rings is 1. The number of benzene rings is 2. The van der Waals surface area contributed by atoms with E-state index in [2.05, 4.69) is 37.2 Å². The van der Waals surface area contributed by atoms with E-state index in [0.717, 1.165) is 27.2 Å². The van der Waals surface area contributed by atoms with Crippen molar-refractivity contribution < 1.29 is 9.53 Å². The summed E-state index contributed by atoms with van der Waals surface area (Å²) in [6.07, 6.45) is 3.73. The first kappa shape index (κ1) is 22.3. The molecule has 170 valence electrons. The summed E-state index contributed by atoms with van der Waals surface area (Å²) in [7, 11) is 1.39. The molecule has 0 bridgehead atoms. The van der Waals surface area contributed by atoms with E-state index in [9.17, 15) is 4.79 Å². The zero-order valence-corrected chi connectivity index (χ0v) is 20.7. The van der Waals surface area contributed by atoms with Crippen LogP contribution in [0.1, 0.15) is 33.8 Å². The molecule has 0 spiro atoms. The molecule has 1 fully saturated rings. The number of ether oxygens (including phenoxy) is 1. The lowest BCUT2D eigenvalue weighted by Gasteiger charge is -2.29. The van der Waals surface area contributed by atoms with Crippen LogP contribution in [0.3, 0.4) is 0 Å². The van der Waals surface area contributed by atoms with Gasteiger partial charge in [0.1, 0.15) is 6.04 Å². The second kappa shape index (κ2) is 9.40. The first-order chi connectivity index (χ1) is 16.6. The summed E-state index contributed by atoms with van der Waals surface area (Å²) in [5.74, 6) is -0.388. The molecule has 6 nitrogen and oxygen atoms in total. The Labute approximate surface area is 211 Å². The maximum absolute atomic E-state index is 12.5. The smallest absolute Gasteiger partial charge is 0.339 e. The highest BCUT2D eigenvalue weighted by Crippen LogP contribution is 2.42. The van der Waals surface area contributed by atoms with Crippen molar-refractivity contribution >= 4 is 44.9 Å². The third kappa shape index (κ3) is 3.99. The maximum atomic E-state index is 12.5. The Balaban J connectivity index is 1.69. The van der Waals surface area contributed by atoms with Gasteiger partial charge < -0.3 is 19.5 Å². The fourth-order valence-electron chi connectivity index (χ4n) is 4.36. The van der Waals surface area contributed by atoms with Crippen molar-refractivity contribution in [3.63, 3.8) is 0 Å². The molecule has 1 aliphatic rings. The van der Waals surface area contributed by atoms with E-state index in [0.29, 0.717) is 10.7 Å². The molecule has 0 aliphatic carbocycles. The zero-order valence-electron chi connectivity index (χ0n) is 18.3. The van der Waals surface area contributed by atoms with Crippen molar-refractivity contribution in [1.82, 2.24) is 14.9 Å². The highest BCUT2D eigenvalue weighted by atomic mass is 79.9. The third-order valence-electron chi connectivity index (χ3n) is 5.86. The summed E-state index contributed by atoms with van der Waals surface area (Å²) >= 11 is 9.34. The summed E-state index contributed by atoms with van der Waals surface area (Å²) in [4.78, 5) is 19.2. The highest BCUT2D eigenvalue weighted by Gasteiger charge is 2.42. The fourth-order valence-corrected chi connectivity index (χ4v) is 4.97. The molecule has 4 aromatic rings. The average molecular weight is 533 g/mol. The van der Waals surface area contributed by atoms with Crippen molar-refractivity contribution in [3.8, 4) is 5.69 Å². The van der Waals surface area contributed by atoms with Crippen LogP contribution in [0.4, 0.5) is 5.69 Å². The van der Waals surface area contributed by atoms with Gasteiger partial charge in [-0.05, 0) is 72.9 Å². The minimum atomic E-state index is -0.388. The van der Waals surface area contributed by atoms with Gasteiger partial charge in [0.15, 0.2) is 5.11 Å². The summed E-state index contributed by atoms with van der Waals surface area (Å²) in [6, 6.07) is 24.9. The van der Waals surface area contributed by atoms with Crippen molar-refractivity contribution in [2.75, 3.05) is 12.0 Å². The highest BCUT2D eigenvalue weighted by molar-refractivity contribution is 9.10. The SMILES string of the molecule is COC(=O)c1ccccc1-n1cccc1[C@@H]1[C@@H](c2ccccn2)NC(=S)N1c1ccc(Br)cc1. The van der Waals surface area contributed by atoms with E-state index in [4.69, 9.17) is 17.0 Å². The molecule has 3 heterocycles. The number of carbonyl (C=O) groups excluding carboxylic acids is 1. The number of carbonyl (C=O) groups is 1. The predicted molar refractivity (Wildman–Crippen MR) is 139 cm³/mol. The second-order valence-electron chi connectivity index (χ2n) is 7.78. The van der Waals surface area contributed by atoms with Crippen molar-refractivity contribution in [1.29, 1.82) is 0 Å². The van der Waals surface area contributed by atoms with Crippen LogP contribution < -0.4 is 10.2 Å². The van der Waals surface area contributed by atoms with Gasteiger partial charge in [-0.1, -0.05) is 34.1 Å². The molecule has 0 saturated carbocycles. The molecule has 1 N–H and O–H groups in total. The Morgan fingerprint density at radius 3 is 2.53 bits per heavy atom. The molecule has 0 unspecified atom stereocenters. The number of halogens is 1. The Kier molecular flexibility index (Phi) is 6.17. The number of nitrogens with zero attached hydrogens (tertiary/aromatic N) is 3. The zero-order chi connectivity index (χ0) is 23.7. The van der Waals surface area contributed by atoms with E-state index >= 15 is 0 Å². The topological polar surface area (TPSA) is 59.4 Å². The van der Waals surface area contributed by atoms with E-state index in [1.54, 1.807) is 12.3 Å². The van der Waals surface area contributed by atoms with Crippen LogP contribution in [0.15, 0.2) is 95.7 Å². The van der Waals surface area contributed by atoms with Gasteiger partial charge in [0, 0.05) is 28.2 Å². The fraction of sp³-hybridized carbons (Fsp3) is 0.115. The van der Waals surface area contributed by atoms with Gasteiger partial charge in [0.05, 0.1) is 30.1 Å². The van der Waals surface area contributed by atoms with E-state index in [1.807, 2.05) is 77.5 Å². The second-order valence-corrected chi connectivity index (χ2v) is 9.09. The molecule has 0 radical (unpaired) electrons. The summed E-state index contributed by atoms with van der Waals surface area (Å²) in [5, 5.41) is 4.09. The minimum Gasteiger partial charge on any atom is -0.465 e. The number of hydrogen-bond acceptors (Lipinski definition) is 4. The van der Waals surface area contributed by atoms with Crippen LogP contribution in [0.25, 0.3) is 5.69 Å². The molecule has 1 aliphatic heterocycles. The third-order valence-corrected chi connectivity index (χ3v) is 6.70. The molecule has 2 aromatic carbocycles. The van der Waals surface area contributed by atoms with Gasteiger partial charge in [0.25, 0.3) is 0 Å². The molecular formula is C26H21BrN4O2S. The van der Waals surface area contributed by atoms with Gasteiger partial charge >= 0.3 is 5.97 Å². The van der Waals surface area contributed by atoms with Crippen LogP contribution in [0, 0.1) is 0 Å². The monoisotopic (exact) mass is 532 g/mol. The Bertz CT molecular complexity index is 1340. The van der Waals surface area contributed by atoms with Crippen LogP contribution in [-0.4, -0.2) is 27.7 Å². The van der Waals surface area contributed by atoms with E-state index in [1.165, 1.54) is 7.11 Å². The number of para-hydroxylation sites is 1. The van der Waals surface area contributed by atoms with Gasteiger partial charge in [0.2, 0.25) is 0 Å². The average Bonchev–Trinajstić information content (AvgIpc) is 3.49. The Morgan fingerprint density at radius 1 is 1.03 bits per heavy atom. The first-order valence-electron chi connectivity index (χ1n) is 10.7.